The van der Waals surface area contributed by atoms with Crippen molar-refractivity contribution in [3.63, 3.8) is 0 Å². The second-order valence-electron chi connectivity index (χ2n) is 4.42. The van der Waals surface area contributed by atoms with Crippen LogP contribution in [-0.2, 0) is 17.7 Å². The highest BCUT2D eigenvalue weighted by atomic mass is 16.5. The molecule has 0 spiro atoms. The molecule has 106 valence electrons. The van der Waals surface area contributed by atoms with E-state index in [0.29, 0.717) is 31.8 Å². The first-order valence-corrected chi connectivity index (χ1v) is 6.72. The summed E-state index contributed by atoms with van der Waals surface area (Å²) in [6, 6.07) is 11.8. The van der Waals surface area contributed by atoms with E-state index in [0.717, 1.165) is 11.3 Å². The van der Waals surface area contributed by atoms with Gasteiger partial charge in [0.15, 0.2) is 0 Å². The molecule has 0 radical (unpaired) electrons. The van der Waals surface area contributed by atoms with Gasteiger partial charge in [-0.2, -0.15) is 5.10 Å². The molecule has 1 aromatic heterocycles. The van der Waals surface area contributed by atoms with Gasteiger partial charge in [-0.25, -0.2) is 4.79 Å². The van der Waals surface area contributed by atoms with Crippen molar-refractivity contribution in [1.82, 2.24) is 9.78 Å². The highest BCUT2D eigenvalue weighted by molar-refractivity contribution is 5.87. The number of hydrogen-bond acceptors (Lipinski definition) is 4. The molecule has 2 aromatic rings. The molecule has 0 unspecified atom stereocenters. The number of benzene rings is 1. The Morgan fingerprint density at radius 2 is 2.10 bits per heavy atom. The fraction of sp³-hybridized carbons (Fsp3) is 0.333. The lowest BCUT2D eigenvalue weighted by Gasteiger charge is -2.04. The molecule has 5 nitrogen and oxygen atoms in total. The average Bonchev–Trinajstić information content (AvgIpc) is 2.83. The summed E-state index contributed by atoms with van der Waals surface area (Å²) >= 11 is 0. The normalized spacial score (nSPS) is 10.5. The van der Waals surface area contributed by atoms with Crippen LogP contribution in [-0.4, -0.2) is 28.9 Å². The minimum Gasteiger partial charge on any atom is -0.461 e. The van der Waals surface area contributed by atoms with E-state index in [2.05, 4.69) is 5.10 Å². The van der Waals surface area contributed by atoms with E-state index < -0.39 is 0 Å². The summed E-state index contributed by atoms with van der Waals surface area (Å²) in [5.74, 6) is -0.354. The van der Waals surface area contributed by atoms with Gasteiger partial charge in [-0.3, -0.25) is 4.68 Å². The Balaban J connectivity index is 2.22. The molecule has 1 aromatic carbocycles. The first-order valence-electron chi connectivity index (χ1n) is 6.72. The molecule has 2 N–H and O–H groups in total. The summed E-state index contributed by atoms with van der Waals surface area (Å²) in [6.45, 7) is 3.06. The number of ether oxygens (including phenoxy) is 1. The third-order valence-electron chi connectivity index (χ3n) is 2.88. The maximum Gasteiger partial charge on any atom is 0.356 e. The molecular formula is C15H19N3O2. The number of nitrogens with two attached hydrogens (primary N) is 1. The summed E-state index contributed by atoms with van der Waals surface area (Å²) in [4.78, 5) is 11.9. The number of carbonyl (C=O) groups is 1. The highest BCUT2D eigenvalue weighted by Gasteiger charge is 2.16. The SMILES string of the molecule is CCOC(=O)c1cc(Cc2ccccc2)nn1CCN. The number of carbonyl (C=O) groups excluding carboxylic acids is 1. The lowest BCUT2D eigenvalue weighted by molar-refractivity contribution is 0.0512. The fourth-order valence-electron chi connectivity index (χ4n) is 2.02. The van der Waals surface area contributed by atoms with Gasteiger partial charge in [0.1, 0.15) is 5.69 Å². The third kappa shape index (κ3) is 3.45. The summed E-state index contributed by atoms with van der Waals surface area (Å²) in [7, 11) is 0. The quantitative estimate of drug-likeness (QED) is 0.812. The first kappa shape index (κ1) is 14.3. The second kappa shape index (κ2) is 6.86. The molecule has 0 atom stereocenters. The zero-order valence-corrected chi connectivity index (χ0v) is 11.6. The Morgan fingerprint density at radius 3 is 2.75 bits per heavy atom. The van der Waals surface area contributed by atoms with Gasteiger partial charge in [-0.1, -0.05) is 30.3 Å². The molecule has 0 aliphatic carbocycles. The molecule has 0 saturated heterocycles. The van der Waals surface area contributed by atoms with Crippen molar-refractivity contribution in [2.24, 2.45) is 5.73 Å². The molecule has 5 heteroatoms. The topological polar surface area (TPSA) is 70.1 Å². The van der Waals surface area contributed by atoms with Crippen LogP contribution in [0.1, 0.15) is 28.7 Å². The molecule has 0 aliphatic rings. The lowest BCUT2D eigenvalue weighted by Crippen LogP contribution is -2.17. The van der Waals surface area contributed by atoms with Crippen molar-refractivity contribution in [3.05, 3.63) is 53.3 Å². The van der Waals surface area contributed by atoms with E-state index in [1.807, 2.05) is 30.3 Å². The van der Waals surface area contributed by atoms with Crippen LogP contribution in [0.3, 0.4) is 0 Å². The monoisotopic (exact) mass is 273 g/mol. The van der Waals surface area contributed by atoms with Crippen LogP contribution in [0, 0.1) is 0 Å². The van der Waals surface area contributed by atoms with Gasteiger partial charge in [0, 0.05) is 13.0 Å². The molecule has 20 heavy (non-hydrogen) atoms. The maximum absolute atomic E-state index is 11.9. The van der Waals surface area contributed by atoms with Crippen molar-refractivity contribution in [1.29, 1.82) is 0 Å². The first-order chi connectivity index (χ1) is 9.74. The van der Waals surface area contributed by atoms with Gasteiger partial charge in [0.2, 0.25) is 0 Å². The van der Waals surface area contributed by atoms with Crippen LogP contribution in [0.25, 0.3) is 0 Å². The number of aromatic nitrogens is 2. The minimum atomic E-state index is -0.354. The zero-order chi connectivity index (χ0) is 14.4. The Kier molecular flexibility index (Phi) is 4.90. The Morgan fingerprint density at radius 1 is 1.35 bits per heavy atom. The van der Waals surface area contributed by atoms with Crippen LogP contribution in [0.4, 0.5) is 0 Å². The van der Waals surface area contributed by atoms with Gasteiger partial charge in [-0.15, -0.1) is 0 Å². The molecule has 0 saturated carbocycles. The molecule has 0 aliphatic heterocycles. The summed E-state index contributed by atoms with van der Waals surface area (Å²) in [6.07, 6.45) is 0.685. The maximum atomic E-state index is 11.9. The van der Waals surface area contributed by atoms with Gasteiger partial charge < -0.3 is 10.5 Å². The number of esters is 1. The molecule has 0 amide bonds. The molecule has 1 heterocycles. The lowest BCUT2D eigenvalue weighted by atomic mass is 10.1. The Hall–Kier alpha value is -2.14. The summed E-state index contributed by atoms with van der Waals surface area (Å²) < 4.78 is 6.66. The van der Waals surface area contributed by atoms with Crippen molar-refractivity contribution in [2.45, 2.75) is 19.9 Å². The van der Waals surface area contributed by atoms with Crippen LogP contribution >= 0.6 is 0 Å². The Bertz CT molecular complexity index is 564. The van der Waals surface area contributed by atoms with Crippen molar-refractivity contribution < 1.29 is 9.53 Å². The summed E-state index contributed by atoms with van der Waals surface area (Å²) in [5.41, 5.74) is 8.01. The standard InChI is InChI=1S/C15H19N3O2/c1-2-20-15(19)14-11-13(17-18(14)9-8-16)10-12-6-4-3-5-7-12/h3-7,11H,2,8-10,16H2,1H3. The van der Waals surface area contributed by atoms with Crippen LogP contribution in [0.2, 0.25) is 0 Å². The number of rotatable bonds is 6. The van der Waals surface area contributed by atoms with Gasteiger partial charge >= 0.3 is 5.97 Å². The van der Waals surface area contributed by atoms with Crippen LogP contribution in [0.5, 0.6) is 0 Å². The second-order valence-corrected chi connectivity index (χ2v) is 4.42. The molecule has 2 rings (SSSR count). The van der Waals surface area contributed by atoms with Gasteiger partial charge in [-0.05, 0) is 18.6 Å². The fourth-order valence-corrected chi connectivity index (χ4v) is 2.02. The van der Waals surface area contributed by atoms with E-state index in [4.69, 9.17) is 10.5 Å². The van der Waals surface area contributed by atoms with E-state index >= 15 is 0 Å². The van der Waals surface area contributed by atoms with Crippen molar-refractivity contribution in [2.75, 3.05) is 13.2 Å². The number of hydrogen-bond donors (Lipinski definition) is 1. The molecular weight excluding hydrogens is 254 g/mol. The third-order valence-corrected chi connectivity index (χ3v) is 2.88. The van der Waals surface area contributed by atoms with Crippen LogP contribution in [0.15, 0.2) is 36.4 Å². The van der Waals surface area contributed by atoms with Crippen LogP contribution < -0.4 is 5.73 Å². The molecule has 0 fully saturated rings. The smallest absolute Gasteiger partial charge is 0.356 e. The zero-order valence-electron chi connectivity index (χ0n) is 11.6. The minimum absolute atomic E-state index is 0.348. The predicted octanol–water partition coefficient (Wildman–Crippen LogP) is 1.61. The van der Waals surface area contributed by atoms with Crippen molar-refractivity contribution >= 4 is 5.97 Å². The predicted molar refractivity (Wildman–Crippen MR) is 76.5 cm³/mol. The largest absolute Gasteiger partial charge is 0.461 e. The summed E-state index contributed by atoms with van der Waals surface area (Å²) in [5, 5.41) is 4.43. The highest BCUT2D eigenvalue weighted by Crippen LogP contribution is 2.11. The van der Waals surface area contributed by atoms with E-state index in [-0.39, 0.29) is 5.97 Å². The molecule has 0 bridgehead atoms. The Labute approximate surface area is 118 Å². The van der Waals surface area contributed by atoms with E-state index in [1.165, 1.54) is 0 Å². The van der Waals surface area contributed by atoms with E-state index in [1.54, 1.807) is 17.7 Å². The van der Waals surface area contributed by atoms with Gasteiger partial charge in [0.05, 0.1) is 18.8 Å². The van der Waals surface area contributed by atoms with E-state index in [9.17, 15) is 4.79 Å². The van der Waals surface area contributed by atoms with Gasteiger partial charge in [0.25, 0.3) is 0 Å². The number of nitrogens with zero attached hydrogens (tertiary/aromatic N) is 2. The van der Waals surface area contributed by atoms with Crippen molar-refractivity contribution in [3.8, 4) is 0 Å². The average molecular weight is 273 g/mol.